The molecule has 1 N–H and O–H groups in total. The molecule has 0 radical (unpaired) electrons. The van der Waals surface area contributed by atoms with Gasteiger partial charge in [-0.2, -0.15) is 5.10 Å². The van der Waals surface area contributed by atoms with Crippen LogP contribution in [-0.2, 0) is 4.74 Å². The van der Waals surface area contributed by atoms with E-state index in [0.29, 0.717) is 6.04 Å². The number of nitrogens with zero attached hydrogens (tertiary/aromatic N) is 3. The number of hydrogen-bond acceptors (Lipinski definition) is 4. The third kappa shape index (κ3) is 5.44. The van der Waals surface area contributed by atoms with Gasteiger partial charge >= 0.3 is 6.09 Å². The number of piperidine rings is 1. The van der Waals surface area contributed by atoms with E-state index in [1.807, 2.05) is 31.6 Å². The largest absolute Gasteiger partial charge is 0.444 e. The molecule has 0 saturated carbocycles. The van der Waals surface area contributed by atoms with Crippen molar-refractivity contribution < 1.29 is 9.53 Å². The summed E-state index contributed by atoms with van der Waals surface area (Å²) in [6.07, 6.45) is 7.92. The molecule has 1 aliphatic heterocycles. The lowest BCUT2D eigenvalue weighted by Gasteiger charge is -2.33. The zero-order valence-electron chi connectivity index (χ0n) is 14.8. The SMILES string of the molecule is CCCCNc1cnn(C2CCN(C(=O)OC(C)(C)C)CC2)c1. The van der Waals surface area contributed by atoms with Crippen molar-refractivity contribution in [1.29, 1.82) is 0 Å². The molecule has 0 atom stereocenters. The number of nitrogens with one attached hydrogen (secondary N) is 1. The summed E-state index contributed by atoms with van der Waals surface area (Å²) in [5.74, 6) is 0. The van der Waals surface area contributed by atoms with Gasteiger partial charge in [-0.25, -0.2) is 4.79 Å². The number of aromatic nitrogens is 2. The van der Waals surface area contributed by atoms with Crippen LogP contribution < -0.4 is 5.32 Å². The Labute approximate surface area is 139 Å². The van der Waals surface area contributed by atoms with Gasteiger partial charge in [0, 0.05) is 25.8 Å². The normalized spacial score (nSPS) is 16.4. The first-order chi connectivity index (χ1) is 10.9. The first kappa shape index (κ1) is 17.6. The van der Waals surface area contributed by atoms with Crippen molar-refractivity contribution >= 4 is 11.8 Å². The number of anilines is 1. The fraction of sp³-hybridized carbons (Fsp3) is 0.765. The molecule has 1 aliphatic rings. The molecule has 2 rings (SSSR count). The maximum Gasteiger partial charge on any atom is 0.410 e. The third-order valence-corrected chi connectivity index (χ3v) is 3.95. The maximum atomic E-state index is 12.1. The highest BCUT2D eigenvalue weighted by atomic mass is 16.6. The number of unbranched alkanes of at least 4 members (excludes halogenated alkanes) is 1. The van der Waals surface area contributed by atoms with E-state index in [-0.39, 0.29) is 6.09 Å². The topological polar surface area (TPSA) is 59.4 Å². The smallest absolute Gasteiger partial charge is 0.410 e. The summed E-state index contributed by atoms with van der Waals surface area (Å²) in [5, 5.41) is 7.86. The first-order valence-electron chi connectivity index (χ1n) is 8.65. The predicted octanol–water partition coefficient (Wildman–Crippen LogP) is 3.67. The monoisotopic (exact) mass is 322 g/mol. The molecule has 1 saturated heterocycles. The molecule has 23 heavy (non-hydrogen) atoms. The van der Waals surface area contributed by atoms with Gasteiger partial charge in [0.25, 0.3) is 0 Å². The van der Waals surface area contributed by atoms with E-state index in [2.05, 4.69) is 23.5 Å². The summed E-state index contributed by atoms with van der Waals surface area (Å²) in [4.78, 5) is 13.9. The summed E-state index contributed by atoms with van der Waals surface area (Å²) in [5.41, 5.74) is 0.641. The molecule has 6 nitrogen and oxygen atoms in total. The zero-order chi connectivity index (χ0) is 16.9. The second-order valence-corrected chi connectivity index (χ2v) is 7.19. The lowest BCUT2D eigenvalue weighted by atomic mass is 10.1. The molecule has 2 heterocycles. The van der Waals surface area contributed by atoms with Gasteiger partial charge in [0.2, 0.25) is 0 Å². The molecule has 0 aromatic carbocycles. The Morgan fingerprint density at radius 2 is 2.09 bits per heavy atom. The van der Waals surface area contributed by atoms with E-state index < -0.39 is 5.60 Å². The second kappa shape index (κ2) is 7.70. The van der Waals surface area contributed by atoms with Crippen molar-refractivity contribution in [3.63, 3.8) is 0 Å². The Morgan fingerprint density at radius 1 is 1.39 bits per heavy atom. The number of ether oxygens (including phenoxy) is 1. The van der Waals surface area contributed by atoms with Crippen LogP contribution in [0.3, 0.4) is 0 Å². The first-order valence-corrected chi connectivity index (χ1v) is 8.65. The summed E-state index contributed by atoms with van der Waals surface area (Å²) in [6.45, 7) is 10.3. The molecule has 6 heteroatoms. The van der Waals surface area contributed by atoms with Gasteiger partial charge in [-0.15, -0.1) is 0 Å². The maximum absolute atomic E-state index is 12.1. The van der Waals surface area contributed by atoms with E-state index in [4.69, 9.17) is 4.74 Å². The molecule has 0 bridgehead atoms. The predicted molar refractivity (Wildman–Crippen MR) is 91.7 cm³/mol. The summed E-state index contributed by atoms with van der Waals surface area (Å²) < 4.78 is 7.46. The van der Waals surface area contributed by atoms with E-state index in [0.717, 1.165) is 38.2 Å². The van der Waals surface area contributed by atoms with E-state index in [1.165, 1.54) is 12.8 Å². The van der Waals surface area contributed by atoms with Gasteiger partial charge in [-0.1, -0.05) is 13.3 Å². The van der Waals surface area contributed by atoms with Gasteiger partial charge in [0.15, 0.2) is 0 Å². The Bertz CT molecular complexity index is 499. The fourth-order valence-electron chi connectivity index (χ4n) is 2.68. The van der Waals surface area contributed by atoms with Crippen LogP contribution in [-0.4, -0.2) is 46.0 Å². The van der Waals surface area contributed by atoms with Crippen LogP contribution in [0, 0.1) is 0 Å². The molecule has 1 aromatic heterocycles. The van der Waals surface area contributed by atoms with Gasteiger partial charge < -0.3 is 15.0 Å². The summed E-state index contributed by atoms with van der Waals surface area (Å²) in [7, 11) is 0. The van der Waals surface area contributed by atoms with Crippen molar-refractivity contribution in [2.45, 2.75) is 65.0 Å². The van der Waals surface area contributed by atoms with Crippen LogP contribution in [0.1, 0.15) is 59.4 Å². The number of carbonyl (C=O) groups is 1. The molecule has 0 unspecified atom stereocenters. The Morgan fingerprint density at radius 3 is 2.70 bits per heavy atom. The highest BCUT2D eigenvalue weighted by molar-refractivity contribution is 5.68. The molecule has 1 aromatic rings. The number of hydrogen-bond donors (Lipinski definition) is 1. The summed E-state index contributed by atoms with van der Waals surface area (Å²) >= 11 is 0. The Hall–Kier alpha value is -1.72. The van der Waals surface area contributed by atoms with Crippen LogP contribution in [0.25, 0.3) is 0 Å². The molecular weight excluding hydrogens is 292 g/mol. The van der Waals surface area contributed by atoms with Crippen LogP contribution in [0.5, 0.6) is 0 Å². The highest BCUT2D eigenvalue weighted by Crippen LogP contribution is 2.24. The van der Waals surface area contributed by atoms with Crippen molar-refractivity contribution in [2.24, 2.45) is 0 Å². The van der Waals surface area contributed by atoms with Crippen molar-refractivity contribution in [3.05, 3.63) is 12.4 Å². The number of amides is 1. The molecule has 130 valence electrons. The second-order valence-electron chi connectivity index (χ2n) is 7.19. The van der Waals surface area contributed by atoms with Crippen LogP contribution in [0.15, 0.2) is 12.4 Å². The molecule has 1 fully saturated rings. The average molecular weight is 322 g/mol. The molecule has 1 amide bonds. The van der Waals surface area contributed by atoms with Crippen molar-refractivity contribution in [3.8, 4) is 0 Å². The number of likely N-dealkylation sites (tertiary alicyclic amines) is 1. The lowest BCUT2D eigenvalue weighted by Crippen LogP contribution is -2.42. The van der Waals surface area contributed by atoms with Gasteiger partial charge in [0.05, 0.1) is 17.9 Å². The zero-order valence-corrected chi connectivity index (χ0v) is 14.8. The molecular formula is C17H30N4O2. The van der Waals surface area contributed by atoms with Crippen molar-refractivity contribution in [1.82, 2.24) is 14.7 Å². The highest BCUT2D eigenvalue weighted by Gasteiger charge is 2.27. The lowest BCUT2D eigenvalue weighted by molar-refractivity contribution is 0.0185. The van der Waals surface area contributed by atoms with Gasteiger partial charge in [-0.05, 0) is 40.0 Å². The number of carbonyl (C=O) groups excluding carboxylic acids is 1. The Kier molecular flexibility index (Phi) is 5.91. The van der Waals surface area contributed by atoms with E-state index in [9.17, 15) is 4.79 Å². The standard InChI is InChI=1S/C17H30N4O2/c1-5-6-9-18-14-12-19-21(13-14)15-7-10-20(11-8-15)16(22)23-17(2,3)4/h12-13,15,18H,5-11H2,1-4H3. The minimum Gasteiger partial charge on any atom is -0.444 e. The van der Waals surface area contributed by atoms with Gasteiger partial charge in [0.1, 0.15) is 5.60 Å². The molecule has 0 spiro atoms. The Balaban J connectivity index is 1.81. The molecule has 0 aliphatic carbocycles. The fourth-order valence-corrected chi connectivity index (χ4v) is 2.68. The van der Waals surface area contributed by atoms with Crippen LogP contribution >= 0.6 is 0 Å². The van der Waals surface area contributed by atoms with Crippen LogP contribution in [0.4, 0.5) is 10.5 Å². The summed E-state index contributed by atoms with van der Waals surface area (Å²) in [6, 6.07) is 0.357. The number of rotatable bonds is 5. The van der Waals surface area contributed by atoms with E-state index in [1.54, 1.807) is 4.90 Å². The van der Waals surface area contributed by atoms with Crippen LogP contribution in [0.2, 0.25) is 0 Å². The third-order valence-electron chi connectivity index (χ3n) is 3.95. The van der Waals surface area contributed by atoms with Gasteiger partial charge in [-0.3, -0.25) is 4.68 Å². The van der Waals surface area contributed by atoms with E-state index >= 15 is 0 Å². The van der Waals surface area contributed by atoms with Crippen molar-refractivity contribution in [2.75, 3.05) is 25.0 Å². The minimum absolute atomic E-state index is 0.210. The minimum atomic E-state index is -0.436. The quantitative estimate of drug-likeness (QED) is 0.840. The average Bonchev–Trinajstić information content (AvgIpc) is 2.95.